The molecule has 8 nitrogen and oxygen atoms in total. The number of hydrogen-bond acceptors (Lipinski definition) is 5. The molecular weight excluding hydrogens is 542 g/mol. The minimum absolute atomic E-state index is 0.0526. The van der Waals surface area contributed by atoms with Crippen LogP contribution in [-0.4, -0.2) is 58.6 Å². The van der Waals surface area contributed by atoms with Gasteiger partial charge in [-0.15, -0.1) is 0 Å². The van der Waals surface area contributed by atoms with E-state index in [1.165, 1.54) is 31.9 Å². The van der Waals surface area contributed by atoms with Gasteiger partial charge >= 0.3 is 12.1 Å². The molecule has 2 heterocycles. The standard InChI is InChI=1S/C29H31F4N5O3/c1-28(2,3)24(37-27(41)29(31,32)33)26(40)38-13-19-15-8-17(20(30)9-15)22(19)23(38)25(39)36-21(10-34)18-12-35-11-14-6-4-5-7-16(14)18/h4-7,11-12,15,17,19-24H,8-9,13H2,1-3H3,(H,36,39)(H,37,41)/t15-,17+,19+,20+,21+,22-,23-,24+/m0/s1. The molecule has 5 rings (SSSR count). The fourth-order valence-corrected chi connectivity index (χ4v) is 7.07. The predicted molar refractivity (Wildman–Crippen MR) is 139 cm³/mol. The molecule has 12 heteroatoms. The smallest absolute Gasteiger partial charge is 0.336 e. The van der Waals surface area contributed by atoms with Crippen LogP contribution in [0.1, 0.15) is 45.2 Å². The quantitative estimate of drug-likeness (QED) is 0.528. The highest BCUT2D eigenvalue weighted by Crippen LogP contribution is 2.58. The predicted octanol–water partition coefficient (Wildman–Crippen LogP) is 3.83. The number of rotatable bonds is 5. The third-order valence-corrected chi connectivity index (χ3v) is 8.89. The van der Waals surface area contributed by atoms with Gasteiger partial charge in [-0.1, -0.05) is 45.0 Å². The minimum atomic E-state index is -5.21. The normalized spacial score (nSPS) is 28.6. The Balaban J connectivity index is 1.49. The number of carbonyl (C=O) groups excluding carboxylic acids is 3. The van der Waals surface area contributed by atoms with Crippen LogP contribution in [0.2, 0.25) is 0 Å². The van der Waals surface area contributed by atoms with Crippen molar-refractivity contribution in [1.29, 1.82) is 5.26 Å². The van der Waals surface area contributed by atoms with Gasteiger partial charge in [-0.2, -0.15) is 18.4 Å². The lowest BCUT2D eigenvalue weighted by Gasteiger charge is -2.37. The molecule has 2 N–H and O–H groups in total. The summed E-state index contributed by atoms with van der Waals surface area (Å²) in [5.74, 6) is -5.14. The van der Waals surface area contributed by atoms with E-state index in [2.05, 4.69) is 16.4 Å². The zero-order chi connectivity index (χ0) is 29.9. The Morgan fingerprint density at radius 3 is 2.44 bits per heavy atom. The number of pyridine rings is 1. The Morgan fingerprint density at radius 1 is 1.07 bits per heavy atom. The van der Waals surface area contributed by atoms with Crippen LogP contribution < -0.4 is 10.6 Å². The molecule has 3 fully saturated rings. The van der Waals surface area contributed by atoms with Crippen molar-refractivity contribution < 1.29 is 31.9 Å². The van der Waals surface area contributed by atoms with E-state index in [4.69, 9.17) is 0 Å². The number of nitriles is 1. The Bertz CT molecular complexity index is 1410. The zero-order valence-corrected chi connectivity index (χ0v) is 22.8. The first kappa shape index (κ1) is 28.8. The van der Waals surface area contributed by atoms with Crippen LogP contribution in [0.3, 0.4) is 0 Å². The average molecular weight is 574 g/mol. The molecule has 1 aromatic heterocycles. The molecule has 218 valence electrons. The largest absolute Gasteiger partial charge is 0.471 e. The zero-order valence-electron chi connectivity index (χ0n) is 22.8. The second kappa shape index (κ2) is 10.3. The van der Waals surface area contributed by atoms with Gasteiger partial charge < -0.3 is 15.5 Å². The molecule has 0 spiro atoms. The van der Waals surface area contributed by atoms with E-state index in [1.54, 1.807) is 18.3 Å². The third-order valence-electron chi connectivity index (χ3n) is 8.89. The molecule has 3 aliphatic rings. The maximum absolute atomic E-state index is 15.0. The van der Waals surface area contributed by atoms with E-state index in [0.717, 1.165) is 5.39 Å². The summed E-state index contributed by atoms with van der Waals surface area (Å²) < 4.78 is 54.4. The summed E-state index contributed by atoms with van der Waals surface area (Å²) in [7, 11) is 0. The number of benzene rings is 1. The number of alkyl halides is 4. The van der Waals surface area contributed by atoms with E-state index < -0.39 is 65.4 Å². The molecule has 0 unspecified atom stereocenters. The molecule has 0 radical (unpaired) electrons. The highest BCUT2D eigenvalue weighted by atomic mass is 19.4. The molecule has 1 saturated heterocycles. The molecule has 41 heavy (non-hydrogen) atoms. The minimum Gasteiger partial charge on any atom is -0.336 e. The van der Waals surface area contributed by atoms with Gasteiger partial charge in [-0.25, -0.2) is 4.39 Å². The second-order valence-corrected chi connectivity index (χ2v) is 12.4. The van der Waals surface area contributed by atoms with E-state index in [9.17, 15) is 37.2 Å². The number of halogens is 4. The number of nitrogens with one attached hydrogen (secondary N) is 2. The monoisotopic (exact) mass is 573 g/mol. The van der Waals surface area contributed by atoms with Gasteiger partial charge in [0.1, 0.15) is 24.3 Å². The van der Waals surface area contributed by atoms with Gasteiger partial charge in [-0.05, 0) is 47.3 Å². The van der Waals surface area contributed by atoms with E-state index in [-0.39, 0.29) is 18.4 Å². The van der Waals surface area contributed by atoms with Crippen molar-refractivity contribution in [1.82, 2.24) is 20.5 Å². The first-order valence-electron chi connectivity index (χ1n) is 13.6. The SMILES string of the molecule is CC(C)(C)[C@H](NC(=O)C(F)(F)F)C(=O)N1C[C@@H]2[C@H]3C[C@@H]([C@@H]2[C@H]1C(=O)N[C@H](C#N)c1cncc2ccccc12)[C@H](F)C3. The Hall–Kier alpha value is -3.75. The first-order chi connectivity index (χ1) is 19.2. The van der Waals surface area contributed by atoms with Crippen LogP contribution >= 0.6 is 0 Å². The highest BCUT2D eigenvalue weighted by molar-refractivity contribution is 5.95. The molecular formula is C29H31F4N5O3. The lowest BCUT2D eigenvalue weighted by molar-refractivity contribution is -0.176. The van der Waals surface area contributed by atoms with E-state index in [0.29, 0.717) is 23.8 Å². The Morgan fingerprint density at radius 2 is 1.78 bits per heavy atom. The summed E-state index contributed by atoms with van der Waals surface area (Å²) in [5.41, 5.74) is -0.699. The van der Waals surface area contributed by atoms with Crippen LogP contribution in [0, 0.1) is 40.4 Å². The van der Waals surface area contributed by atoms with Crippen LogP contribution in [0.15, 0.2) is 36.7 Å². The van der Waals surface area contributed by atoms with Crippen LogP contribution in [0.4, 0.5) is 17.6 Å². The number of nitrogens with zero attached hydrogens (tertiary/aromatic N) is 3. The number of carbonyl (C=O) groups is 3. The summed E-state index contributed by atoms with van der Waals surface area (Å²) >= 11 is 0. The molecule has 2 aromatic rings. The summed E-state index contributed by atoms with van der Waals surface area (Å²) in [6.07, 6.45) is -2.42. The molecule has 8 atom stereocenters. The second-order valence-electron chi connectivity index (χ2n) is 12.4. The fraction of sp³-hybridized carbons (Fsp3) is 0.552. The summed E-state index contributed by atoms with van der Waals surface area (Å²) in [4.78, 5) is 45.1. The summed E-state index contributed by atoms with van der Waals surface area (Å²) in [6.45, 7) is 4.59. The van der Waals surface area contributed by atoms with Crippen LogP contribution in [-0.2, 0) is 14.4 Å². The van der Waals surface area contributed by atoms with Gasteiger partial charge in [0.15, 0.2) is 0 Å². The van der Waals surface area contributed by atoms with Crippen molar-refractivity contribution in [2.75, 3.05) is 6.54 Å². The van der Waals surface area contributed by atoms with Gasteiger partial charge in [-0.3, -0.25) is 19.4 Å². The maximum Gasteiger partial charge on any atom is 0.471 e. The Labute approximate surface area is 234 Å². The summed E-state index contributed by atoms with van der Waals surface area (Å²) in [5, 5.41) is 16.0. The number of amides is 3. The highest BCUT2D eigenvalue weighted by Gasteiger charge is 2.63. The molecule has 2 aliphatic carbocycles. The van der Waals surface area contributed by atoms with Gasteiger partial charge in [0.25, 0.3) is 0 Å². The Kier molecular flexibility index (Phi) is 7.20. The first-order valence-corrected chi connectivity index (χ1v) is 13.6. The number of likely N-dealkylation sites (tertiary alicyclic amines) is 1. The fourth-order valence-electron chi connectivity index (χ4n) is 7.07. The topological polar surface area (TPSA) is 115 Å². The maximum atomic E-state index is 15.0. The number of fused-ring (bicyclic) bond motifs is 6. The average Bonchev–Trinajstić information content (AvgIpc) is 3.58. The van der Waals surface area contributed by atoms with Crippen molar-refractivity contribution >= 4 is 28.5 Å². The van der Waals surface area contributed by atoms with Crippen molar-refractivity contribution in [3.05, 3.63) is 42.2 Å². The van der Waals surface area contributed by atoms with Crippen molar-refractivity contribution in [2.45, 2.75) is 64.1 Å². The van der Waals surface area contributed by atoms with Crippen molar-refractivity contribution in [2.24, 2.45) is 29.1 Å². The van der Waals surface area contributed by atoms with Gasteiger partial charge in [0, 0.05) is 29.9 Å². The van der Waals surface area contributed by atoms with E-state index in [1.807, 2.05) is 17.4 Å². The lowest BCUT2D eigenvalue weighted by atomic mass is 9.77. The van der Waals surface area contributed by atoms with Crippen LogP contribution in [0.5, 0.6) is 0 Å². The van der Waals surface area contributed by atoms with Gasteiger partial charge in [0.05, 0.1) is 6.07 Å². The van der Waals surface area contributed by atoms with Crippen molar-refractivity contribution in [3.63, 3.8) is 0 Å². The lowest BCUT2D eigenvalue weighted by Crippen LogP contribution is -2.60. The van der Waals surface area contributed by atoms with Gasteiger partial charge in [0.2, 0.25) is 11.8 Å². The van der Waals surface area contributed by atoms with E-state index >= 15 is 0 Å². The molecule has 2 bridgehead atoms. The summed E-state index contributed by atoms with van der Waals surface area (Å²) in [6, 6.07) is 5.28. The molecule has 1 aromatic carbocycles. The third kappa shape index (κ3) is 5.11. The number of hydrogen-bond donors (Lipinski definition) is 2. The van der Waals surface area contributed by atoms with Crippen molar-refractivity contribution in [3.8, 4) is 6.07 Å². The van der Waals surface area contributed by atoms with Crippen LogP contribution in [0.25, 0.3) is 10.8 Å². The molecule has 3 amide bonds. The molecule has 1 aliphatic heterocycles. The number of aromatic nitrogens is 1. The molecule has 2 saturated carbocycles.